The van der Waals surface area contributed by atoms with Crippen molar-refractivity contribution in [3.8, 4) is 0 Å². The van der Waals surface area contributed by atoms with Crippen molar-refractivity contribution in [2.24, 2.45) is 0 Å². The molecule has 3 saturated heterocycles. The van der Waals surface area contributed by atoms with Crippen LogP contribution in [0.2, 0.25) is 0 Å². The summed E-state index contributed by atoms with van der Waals surface area (Å²) in [6.07, 6.45) is 2.76. The molecule has 3 fully saturated rings. The molecule has 2 atom stereocenters. The summed E-state index contributed by atoms with van der Waals surface area (Å²) in [7, 11) is 0. The molecule has 3 rings (SSSR count). The Kier molecular flexibility index (Phi) is 4.06. The molecule has 0 aliphatic carbocycles. The number of likely N-dealkylation sites (N-methyl/N-ethyl adjacent to an activating group) is 1. The lowest BCUT2D eigenvalue weighted by Crippen LogP contribution is -2.50. The summed E-state index contributed by atoms with van der Waals surface area (Å²) in [6, 6.07) is 0.451. The zero-order chi connectivity index (χ0) is 15.0. The number of ether oxygens (including phenoxy) is 1. The molecule has 0 spiro atoms. The highest BCUT2D eigenvalue weighted by Gasteiger charge is 2.40. The highest BCUT2D eigenvalue weighted by molar-refractivity contribution is 5.78. The second-order valence-corrected chi connectivity index (χ2v) is 6.32. The largest absolute Gasteiger partial charge is 0.461 e. The van der Waals surface area contributed by atoms with Crippen LogP contribution in [0, 0.1) is 0 Å². The number of urea groups is 1. The summed E-state index contributed by atoms with van der Waals surface area (Å²) in [5.74, 6) is -0.0737. The topological polar surface area (TPSA) is 53.1 Å². The predicted molar refractivity (Wildman–Crippen MR) is 77.9 cm³/mol. The quantitative estimate of drug-likeness (QED) is 0.726. The third-order valence-corrected chi connectivity index (χ3v) is 5.03. The first-order valence-corrected chi connectivity index (χ1v) is 8.10. The van der Waals surface area contributed by atoms with Crippen molar-refractivity contribution >= 4 is 12.0 Å². The minimum absolute atomic E-state index is 0.0403. The first kappa shape index (κ1) is 14.6. The number of amides is 2. The molecule has 118 valence electrons. The van der Waals surface area contributed by atoms with Gasteiger partial charge in [0.2, 0.25) is 0 Å². The van der Waals surface area contributed by atoms with Crippen LogP contribution in [0.15, 0.2) is 0 Å². The number of cyclic esters (lactones) is 1. The smallest absolute Gasteiger partial charge is 0.323 e. The van der Waals surface area contributed by atoms with Gasteiger partial charge in [0.1, 0.15) is 12.1 Å². The Balaban J connectivity index is 1.54. The maximum absolute atomic E-state index is 12.2. The van der Waals surface area contributed by atoms with Gasteiger partial charge in [-0.2, -0.15) is 0 Å². The standard InChI is InChI=1S/C15H25N3O3/c1-3-16-8-9-18(15(16)20)12-4-6-17(7-5-12)13-10-11(2)21-14(13)19/h11-13H,3-10H2,1-2H3/t11-,13-/m1/s1. The normalized spacial score (nSPS) is 32.1. The second kappa shape index (κ2) is 5.83. The van der Waals surface area contributed by atoms with E-state index >= 15 is 0 Å². The Labute approximate surface area is 126 Å². The zero-order valence-electron chi connectivity index (χ0n) is 13.0. The third-order valence-electron chi connectivity index (χ3n) is 5.03. The van der Waals surface area contributed by atoms with Crippen molar-refractivity contribution in [1.82, 2.24) is 14.7 Å². The number of carbonyl (C=O) groups excluding carboxylic acids is 2. The highest BCUT2D eigenvalue weighted by Crippen LogP contribution is 2.26. The van der Waals surface area contributed by atoms with Crippen LogP contribution in [0.5, 0.6) is 0 Å². The van der Waals surface area contributed by atoms with E-state index in [0.29, 0.717) is 6.04 Å². The molecule has 21 heavy (non-hydrogen) atoms. The Morgan fingerprint density at radius 2 is 1.86 bits per heavy atom. The van der Waals surface area contributed by atoms with E-state index in [1.807, 2.05) is 23.6 Å². The lowest BCUT2D eigenvalue weighted by molar-refractivity contribution is -0.145. The number of hydrogen-bond donors (Lipinski definition) is 0. The average molecular weight is 295 g/mol. The molecule has 6 heteroatoms. The summed E-state index contributed by atoms with van der Waals surface area (Å²) in [4.78, 5) is 30.2. The van der Waals surface area contributed by atoms with E-state index in [4.69, 9.17) is 4.74 Å². The van der Waals surface area contributed by atoms with Crippen LogP contribution in [0.3, 0.4) is 0 Å². The lowest BCUT2D eigenvalue weighted by Gasteiger charge is -2.38. The monoisotopic (exact) mass is 295 g/mol. The van der Waals surface area contributed by atoms with Gasteiger partial charge in [-0.25, -0.2) is 4.79 Å². The molecule has 2 amide bonds. The van der Waals surface area contributed by atoms with Crippen LogP contribution in [0.1, 0.15) is 33.1 Å². The summed E-state index contributed by atoms with van der Waals surface area (Å²) >= 11 is 0. The van der Waals surface area contributed by atoms with Gasteiger partial charge < -0.3 is 14.5 Å². The molecule has 0 radical (unpaired) electrons. The van der Waals surface area contributed by atoms with Crippen LogP contribution in [0.25, 0.3) is 0 Å². The van der Waals surface area contributed by atoms with Gasteiger partial charge in [0.05, 0.1) is 0 Å². The molecule has 0 unspecified atom stereocenters. The minimum Gasteiger partial charge on any atom is -0.461 e. The molecule has 0 saturated carbocycles. The molecular weight excluding hydrogens is 270 g/mol. The van der Waals surface area contributed by atoms with Crippen molar-refractivity contribution in [3.63, 3.8) is 0 Å². The van der Waals surface area contributed by atoms with Crippen LogP contribution in [-0.4, -0.2) is 77.6 Å². The van der Waals surface area contributed by atoms with E-state index < -0.39 is 0 Å². The molecule has 0 bridgehead atoms. The maximum atomic E-state index is 12.2. The SMILES string of the molecule is CCN1CCN(C2CCN([C@@H]3C[C@@H](C)OC3=O)CC2)C1=O. The fourth-order valence-corrected chi connectivity index (χ4v) is 3.78. The number of likely N-dealkylation sites (tertiary alicyclic amines) is 1. The molecule has 0 N–H and O–H groups in total. The van der Waals surface area contributed by atoms with Crippen molar-refractivity contribution < 1.29 is 14.3 Å². The highest BCUT2D eigenvalue weighted by atomic mass is 16.6. The van der Waals surface area contributed by atoms with Crippen LogP contribution in [0.4, 0.5) is 4.79 Å². The van der Waals surface area contributed by atoms with E-state index in [0.717, 1.165) is 52.0 Å². The molecule has 3 aliphatic heterocycles. The summed E-state index contributed by atoms with van der Waals surface area (Å²) in [5.41, 5.74) is 0. The maximum Gasteiger partial charge on any atom is 0.323 e. The molecule has 0 aromatic rings. The molecule has 0 aromatic carbocycles. The van der Waals surface area contributed by atoms with Crippen LogP contribution < -0.4 is 0 Å². The molecular formula is C15H25N3O3. The lowest BCUT2D eigenvalue weighted by atomic mass is 10.0. The Morgan fingerprint density at radius 3 is 2.38 bits per heavy atom. The summed E-state index contributed by atoms with van der Waals surface area (Å²) in [5, 5.41) is 0. The van der Waals surface area contributed by atoms with E-state index in [-0.39, 0.29) is 24.1 Å². The molecule has 3 aliphatic rings. The summed E-state index contributed by atoms with van der Waals surface area (Å²) in [6.45, 7) is 8.23. The number of nitrogens with zero attached hydrogens (tertiary/aromatic N) is 3. The van der Waals surface area contributed by atoms with Gasteiger partial charge in [0.25, 0.3) is 0 Å². The van der Waals surface area contributed by atoms with E-state index in [2.05, 4.69) is 4.90 Å². The Morgan fingerprint density at radius 1 is 1.14 bits per heavy atom. The van der Waals surface area contributed by atoms with Crippen molar-refractivity contribution in [2.45, 2.75) is 51.3 Å². The van der Waals surface area contributed by atoms with Crippen LogP contribution in [-0.2, 0) is 9.53 Å². The first-order chi connectivity index (χ1) is 10.1. The van der Waals surface area contributed by atoms with Gasteiger partial charge in [-0.15, -0.1) is 0 Å². The Hall–Kier alpha value is -1.30. The molecule has 3 heterocycles. The zero-order valence-corrected chi connectivity index (χ0v) is 13.0. The number of hydrogen-bond acceptors (Lipinski definition) is 4. The van der Waals surface area contributed by atoms with Crippen LogP contribution >= 0.6 is 0 Å². The van der Waals surface area contributed by atoms with Crippen molar-refractivity contribution in [1.29, 1.82) is 0 Å². The van der Waals surface area contributed by atoms with Gasteiger partial charge in [-0.05, 0) is 26.7 Å². The van der Waals surface area contributed by atoms with E-state index in [9.17, 15) is 9.59 Å². The number of piperidine rings is 1. The molecule has 6 nitrogen and oxygen atoms in total. The van der Waals surface area contributed by atoms with E-state index in [1.54, 1.807) is 0 Å². The second-order valence-electron chi connectivity index (χ2n) is 6.32. The average Bonchev–Trinajstić information content (AvgIpc) is 3.01. The fraction of sp³-hybridized carbons (Fsp3) is 0.867. The Bertz CT molecular complexity index is 420. The number of rotatable bonds is 3. The van der Waals surface area contributed by atoms with Gasteiger partial charge >= 0.3 is 12.0 Å². The third kappa shape index (κ3) is 2.73. The van der Waals surface area contributed by atoms with Crippen molar-refractivity contribution in [2.75, 3.05) is 32.7 Å². The molecule has 0 aromatic heterocycles. The van der Waals surface area contributed by atoms with Crippen molar-refractivity contribution in [3.05, 3.63) is 0 Å². The fourth-order valence-electron chi connectivity index (χ4n) is 3.78. The van der Waals surface area contributed by atoms with Gasteiger partial charge in [0, 0.05) is 45.2 Å². The summed E-state index contributed by atoms with van der Waals surface area (Å²) < 4.78 is 5.25. The predicted octanol–water partition coefficient (Wildman–Crippen LogP) is 0.912. The van der Waals surface area contributed by atoms with Gasteiger partial charge in [-0.1, -0.05) is 0 Å². The number of esters is 1. The minimum atomic E-state index is -0.0737. The van der Waals surface area contributed by atoms with E-state index in [1.165, 1.54) is 0 Å². The number of carbonyl (C=O) groups is 2. The van der Waals surface area contributed by atoms with Gasteiger partial charge in [0.15, 0.2) is 0 Å². The first-order valence-electron chi connectivity index (χ1n) is 8.10. The van der Waals surface area contributed by atoms with Gasteiger partial charge in [-0.3, -0.25) is 9.69 Å².